The van der Waals surface area contributed by atoms with E-state index in [9.17, 15) is 14.4 Å². The summed E-state index contributed by atoms with van der Waals surface area (Å²) in [5.41, 5.74) is 0.560. The van der Waals surface area contributed by atoms with Gasteiger partial charge >= 0.3 is 0 Å². The highest BCUT2D eigenvalue weighted by molar-refractivity contribution is 9.11. The molecule has 0 saturated carbocycles. The van der Waals surface area contributed by atoms with Crippen molar-refractivity contribution in [1.82, 2.24) is 10.6 Å². The molecule has 3 N–H and O–H groups in total. The second-order valence-electron chi connectivity index (χ2n) is 5.55. The number of nitrogens with one attached hydrogen (secondary N) is 3. The zero-order valence-electron chi connectivity index (χ0n) is 14.9. The maximum atomic E-state index is 12.2. The molecule has 0 saturated heterocycles. The van der Waals surface area contributed by atoms with Crippen LogP contribution in [-0.2, 0) is 9.59 Å². The van der Waals surface area contributed by atoms with E-state index in [-0.39, 0.29) is 24.3 Å². The first kappa shape index (κ1) is 20.9. The lowest BCUT2D eigenvalue weighted by Crippen LogP contribution is -2.41. The van der Waals surface area contributed by atoms with Crippen molar-refractivity contribution >= 4 is 50.7 Å². The first-order valence-electron chi connectivity index (χ1n) is 8.25. The Hall–Kier alpha value is -2.39. The normalized spacial score (nSPS) is 11.4. The molecule has 2 rings (SSSR count). The predicted octanol–water partition coefficient (Wildman–Crippen LogP) is 2.78. The Balaban J connectivity index is 1.83. The maximum absolute atomic E-state index is 12.2. The molecule has 0 aliphatic rings. The van der Waals surface area contributed by atoms with E-state index in [4.69, 9.17) is 4.74 Å². The number of halogens is 1. The largest absolute Gasteiger partial charge is 0.484 e. The van der Waals surface area contributed by atoms with E-state index < -0.39 is 6.04 Å². The van der Waals surface area contributed by atoms with Crippen molar-refractivity contribution in [3.63, 3.8) is 0 Å². The van der Waals surface area contributed by atoms with Crippen LogP contribution in [-0.4, -0.2) is 36.9 Å². The van der Waals surface area contributed by atoms with E-state index in [1.165, 1.54) is 11.3 Å². The van der Waals surface area contributed by atoms with E-state index in [1.807, 2.05) is 6.92 Å². The molecule has 0 spiro atoms. The molecule has 0 fully saturated rings. The highest BCUT2D eigenvalue weighted by Gasteiger charge is 2.18. The van der Waals surface area contributed by atoms with Crippen LogP contribution in [0, 0.1) is 0 Å². The lowest BCUT2D eigenvalue weighted by atomic mass is 10.2. The quantitative estimate of drug-likeness (QED) is 0.572. The van der Waals surface area contributed by atoms with Gasteiger partial charge in [-0.15, -0.1) is 11.3 Å². The molecule has 3 amide bonds. The fourth-order valence-electron chi connectivity index (χ4n) is 2.05. The first-order valence-corrected chi connectivity index (χ1v) is 9.86. The number of likely N-dealkylation sites (N-methyl/N-ethyl adjacent to an activating group) is 1. The summed E-state index contributed by atoms with van der Waals surface area (Å²) in [6, 6.07) is 9.40. The minimum Gasteiger partial charge on any atom is -0.484 e. The number of hydrogen-bond acceptors (Lipinski definition) is 5. The molecule has 1 aromatic heterocycles. The number of thiophene rings is 1. The minimum atomic E-state index is -0.702. The Kier molecular flexibility index (Phi) is 7.81. The number of ether oxygens (including phenoxy) is 1. The maximum Gasteiger partial charge on any atom is 0.262 e. The van der Waals surface area contributed by atoms with Gasteiger partial charge in [0.15, 0.2) is 6.61 Å². The van der Waals surface area contributed by atoms with Crippen LogP contribution in [0.4, 0.5) is 5.69 Å². The molecule has 1 atom stereocenters. The van der Waals surface area contributed by atoms with Gasteiger partial charge in [-0.3, -0.25) is 14.4 Å². The highest BCUT2D eigenvalue weighted by atomic mass is 79.9. The van der Waals surface area contributed by atoms with Crippen molar-refractivity contribution in [3.8, 4) is 5.75 Å². The molecular formula is C18H20BrN3O4S. The zero-order valence-corrected chi connectivity index (χ0v) is 17.3. The lowest BCUT2D eigenvalue weighted by molar-refractivity contribution is -0.123. The third-order valence-electron chi connectivity index (χ3n) is 3.40. The molecular weight excluding hydrogens is 434 g/mol. The first-order chi connectivity index (χ1) is 12.9. The van der Waals surface area contributed by atoms with Crippen LogP contribution in [0.1, 0.15) is 23.5 Å². The lowest BCUT2D eigenvalue weighted by Gasteiger charge is -2.14. The van der Waals surface area contributed by atoms with Crippen molar-refractivity contribution in [2.24, 2.45) is 0 Å². The van der Waals surface area contributed by atoms with Gasteiger partial charge < -0.3 is 20.7 Å². The summed E-state index contributed by atoms with van der Waals surface area (Å²) < 4.78 is 6.19. The fourth-order valence-corrected chi connectivity index (χ4v) is 3.34. The van der Waals surface area contributed by atoms with E-state index >= 15 is 0 Å². The van der Waals surface area contributed by atoms with Crippen molar-refractivity contribution in [1.29, 1.82) is 0 Å². The SMILES string of the molecule is CCNC(=O)COc1ccc(NC(=O)C(C)NC(=O)c2ccc(Br)s2)cc1. The van der Waals surface area contributed by atoms with Gasteiger partial charge in [0.25, 0.3) is 11.8 Å². The Morgan fingerprint density at radius 1 is 1.15 bits per heavy atom. The highest BCUT2D eigenvalue weighted by Crippen LogP contribution is 2.22. The summed E-state index contributed by atoms with van der Waals surface area (Å²) >= 11 is 4.59. The van der Waals surface area contributed by atoms with E-state index in [0.29, 0.717) is 22.9 Å². The fraction of sp³-hybridized carbons (Fsp3) is 0.278. The summed E-state index contributed by atoms with van der Waals surface area (Å²) in [6.07, 6.45) is 0. The molecule has 0 aliphatic heterocycles. The number of amides is 3. The second kappa shape index (κ2) is 10.1. The Labute approximate surface area is 169 Å². The summed E-state index contributed by atoms with van der Waals surface area (Å²) in [5.74, 6) is -0.321. The van der Waals surface area contributed by atoms with Crippen molar-refractivity contribution in [2.75, 3.05) is 18.5 Å². The number of anilines is 1. The van der Waals surface area contributed by atoms with Crippen LogP contribution in [0.25, 0.3) is 0 Å². The Morgan fingerprint density at radius 3 is 2.44 bits per heavy atom. The number of hydrogen-bond donors (Lipinski definition) is 3. The topological polar surface area (TPSA) is 96.5 Å². The number of rotatable bonds is 8. The van der Waals surface area contributed by atoms with Crippen molar-refractivity contribution < 1.29 is 19.1 Å². The van der Waals surface area contributed by atoms with Crippen LogP contribution in [0.3, 0.4) is 0 Å². The third-order valence-corrected chi connectivity index (χ3v) is 5.03. The van der Waals surface area contributed by atoms with Crippen molar-refractivity contribution in [2.45, 2.75) is 19.9 Å². The molecule has 1 aromatic carbocycles. The van der Waals surface area contributed by atoms with Crippen molar-refractivity contribution in [3.05, 3.63) is 45.1 Å². The van der Waals surface area contributed by atoms with Crippen LogP contribution in [0.5, 0.6) is 5.75 Å². The Bertz CT molecular complexity index is 807. The average molecular weight is 454 g/mol. The van der Waals surface area contributed by atoms with Gasteiger partial charge in [-0.1, -0.05) is 0 Å². The molecule has 9 heteroatoms. The standard InChI is InChI=1S/C18H20BrN3O4S/c1-3-20-16(23)10-26-13-6-4-12(5-7-13)22-17(24)11(2)21-18(25)14-8-9-15(19)27-14/h4-9,11H,3,10H2,1-2H3,(H,20,23)(H,21,25)(H,22,24). The monoisotopic (exact) mass is 453 g/mol. The van der Waals surface area contributed by atoms with E-state index in [2.05, 4.69) is 31.9 Å². The van der Waals surface area contributed by atoms with Gasteiger partial charge in [0, 0.05) is 12.2 Å². The Morgan fingerprint density at radius 2 is 1.85 bits per heavy atom. The van der Waals surface area contributed by atoms with Gasteiger partial charge in [-0.2, -0.15) is 0 Å². The molecule has 1 heterocycles. The molecule has 0 radical (unpaired) electrons. The van der Waals surface area contributed by atoms with E-state index in [0.717, 1.165) is 3.79 Å². The summed E-state index contributed by atoms with van der Waals surface area (Å²) in [5, 5.41) is 8.01. The van der Waals surface area contributed by atoms with Gasteiger partial charge in [0.1, 0.15) is 11.8 Å². The number of carbonyl (C=O) groups excluding carboxylic acids is 3. The minimum absolute atomic E-state index is 0.0680. The molecule has 7 nitrogen and oxygen atoms in total. The molecule has 2 aromatic rings. The van der Waals surface area contributed by atoms with Crippen LogP contribution in [0.15, 0.2) is 40.2 Å². The van der Waals surface area contributed by atoms with Crippen LogP contribution in [0.2, 0.25) is 0 Å². The zero-order chi connectivity index (χ0) is 19.8. The van der Waals surface area contributed by atoms with Gasteiger partial charge in [0.2, 0.25) is 5.91 Å². The van der Waals surface area contributed by atoms with Gasteiger partial charge in [-0.05, 0) is 66.2 Å². The molecule has 0 bridgehead atoms. The number of carbonyl (C=O) groups is 3. The predicted molar refractivity (Wildman–Crippen MR) is 108 cm³/mol. The third kappa shape index (κ3) is 6.69. The second-order valence-corrected chi connectivity index (χ2v) is 8.02. The van der Waals surface area contributed by atoms with Crippen LogP contribution >= 0.6 is 27.3 Å². The van der Waals surface area contributed by atoms with Gasteiger partial charge in [0.05, 0.1) is 8.66 Å². The van der Waals surface area contributed by atoms with Crippen LogP contribution < -0.4 is 20.7 Å². The molecule has 1 unspecified atom stereocenters. The van der Waals surface area contributed by atoms with Gasteiger partial charge in [-0.25, -0.2) is 0 Å². The average Bonchev–Trinajstić information content (AvgIpc) is 3.08. The summed E-state index contributed by atoms with van der Waals surface area (Å²) in [7, 11) is 0. The van der Waals surface area contributed by atoms with E-state index in [1.54, 1.807) is 43.3 Å². The molecule has 27 heavy (non-hydrogen) atoms. The number of benzene rings is 1. The summed E-state index contributed by atoms with van der Waals surface area (Å²) in [4.78, 5) is 36.2. The smallest absolute Gasteiger partial charge is 0.262 e. The molecule has 144 valence electrons. The summed E-state index contributed by atoms with van der Waals surface area (Å²) in [6.45, 7) is 3.92. The molecule has 0 aliphatic carbocycles.